The molecule has 0 saturated carbocycles. The molecule has 1 aromatic carbocycles. The van der Waals surface area contributed by atoms with Gasteiger partial charge in [0.25, 0.3) is 0 Å². The van der Waals surface area contributed by atoms with E-state index in [0.717, 1.165) is 40.7 Å². The maximum Gasteiger partial charge on any atom is 0.319 e. The first-order valence-electron chi connectivity index (χ1n) is 9.11. The lowest BCUT2D eigenvalue weighted by Gasteiger charge is -2.29. The molecule has 0 aliphatic carbocycles. The Morgan fingerprint density at radius 2 is 1.93 bits per heavy atom. The van der Waals surface area contributed by atoms with E-state index in [2.05, 4.69) is 25.5 Å². The molecule has 3 aromatic rings. The molecule has 144 valence electrons. The largest absolute Gasteiger partial charge is 0.378 e. The predicted octanol–water partition coefficient (Wildman–Crippen LogP) is 3.36. The second-order valence-corrected chi connectivity index (χ2v) is 7.20. The highest BCUT2D eigenvalue weighted by Crippen LogP contribution is 2.23. The SMILES string of the molecule is O=C(NCc1cccnc1N1CCOCC1)Nc1ccc(-c2nccs2)cc1. The molecule has 0 spiro atoms. The van der Waals surface area contributed by atoms with Crippen LogP contribution in [0.25, 0.3) is 10.6 Å². The molecule has 8 heteroatoms. The van der Waals surface area contributed by atoms with E-state index in [4.69, 9.17) is 4.74 Å². The summed E-state index contributed by atoms with van der Waals surface area (Å²) in [5.74, 6) is 0.902. The average Bonchev–Trinajstić information content (AvgIpc) is 3.29. The van der Waals surface area contributed by atoms with Crippen molar-refractivity contribution in [3.8, 4) is 10.6 Å². The number of anilines is 2. The molecule has 7 nitrogen and oxygen atoms in total. The Labute approximate surface area is 167 Å². The minimum absolute atomic E-state index is 0.251. The van der Waals surface area contributed by atoms with Crippen molar-refractivity contribution in [1.29, 1.82) is 0 Å². The molecular weight excluding hydrogens is 374 g/mol. The van der Waals surface area contributed by atoms with Gasteiger partial charge in [-0.1, -0.05) is 6.07 Å². The highest BCUT2D eigenvalue weighted by atomic mass is 32.1. The van der Waals surface area contributed by atoms with Crippen LogP contribution in [0.4, 0.5) is 16.3 Å². The second kappa shape index (κ2) is 8.81. The maximum absolute atomic E-state index is 12.3. The van der Waals surface area contributed by atoms with Gasteiger partial charge >= 0.3 is 6.03 Å². The van der Waals surface area contributed by atoms with Crippen molar-refractivity contribution in [3.05, 3.63) is 59.7 Å². The number of pyridine rings is 1. The fraction of sp³-hybridized carbons (Fsp3) is 0.250. The van der Waals surface area contributed by atoms with Crippen molar-refractivity contribution in [2.24, 2.45) is 0 Å². The van der Waals surface area contributed by atoms with E-state index in [1.807, 2.05) is 41.8 Å². The number of hydrogen-bond acceptors (Lipinski definition) is 6. The minimum atomic E-state index is -0.251. The highest BCUT2D eigenvalue weighted by molar-refractivity contribution is 7.13. The van der Waals surface area contributed by atoms with E-state index in [-0.39, 0.29) is 6.03 Å². The third kappa shape index (κ3) is 4.47. The molecule has 3 heterocycles. The molecule has 2 N–H and O–H groups in total. The Morgan fingerprint density at radius 3 is 2.68 bits per heavy atom. The average molecular weight is 395 g/mol. The van der Waals surface area contributed by atoms with Crippen LogP contribution in [0.5, 0.6) is 0 Å². The van der Waals surface area contributed by atoms with E-state index >= 15 is 0 Å². The van der Waals surface area contributed by atoms with Gasteiger partial charge in [-0.25, -0.2) is 14.8 Å². The summed E-state index contributed by atoms with van der Waals surface area (Å²) in [6, 6.07) is 11.3. The number of thiazole rings is 1. The Balaban J connectivity index is 1.35. The number of hydrogen-bond donors (Lipinski definition) is 2. The number of aromatic nitrogens is 2. The summed E-state index contributed by atoms with van der Waals surface area (Å²) in [6.07, 6.45) is 3.56. The number of rotatable bonds is 5. The van der Waals surface area contributed by atoms with Gasteiger partial charge in [0.05, 0.1) is 13.2 Å². The predicted molar refractivity (Wildman–Crippen MR) is 111 cm³/mol. The molecule has 4 rings (SSSR count). The normalized spacial score (nSPS) is 13.9. The molecule has 0 unspecified atom stereocenters. The topological polar surface area (TPSA) is 79.4 Å². The number of carbonyl (C=O) groups excluding carboxylic acids is 1. The number of ether oxygens (including phenoxy) is 1. The standard InChI is InChI=1S/C20H21N5O2S/c26-20(24-17-5-3-15(4-6-17)19-22-8-13-28-19)23-14-16-2-1-7-21-18(16)25-9-11-27-12-10-25/h1-8,13H,9-12,14H2,(H2,23,24,26). The van der Waals surface area contributed by atoms with Crippen LogP contribution in [0.2, 0.25) is 0 Å². The molecule has 0 radical (unpaired) electrons. The molecule has 1 fully saturated rings. The van der Waals surface area contributed by atoms with Crippen LogP contribution in [-0.4, -0.2) is 42.3 Å². The van der Waals surface area contributed by atoms with Crippen LogP contribution in [0.1, 0.15) is 5.56 Å². The second-order valence-electron chi connectivity index (χ2n) is 6.31. The van der Waals surface area contributed by atoms with Gasteiger partial charge in [-0.15, -0.1) is 11.3 Å². The number of nitrogens with zero attached hydrogens (tertiary/aromatic N) is 3. The van der Waals surface area contributed by atoms with Crippen molar-refractivity contribution in [2.45, 2.75) is 6.54 Å². The summed E-state index contributed by atoms with van der Waals surface area (Å²) < 4.78 is 5.41. The zero-order valence-corrected chi connectivity index (χ0v) is 16.1. The first kappa shape index (κ1) is 18.4. The summed E-state index contributed by atoms with van der Waals surface area (Å²) in [6.45, 7) is 3.41. The molecule has 28 heavy (non-hydrogen) atoms. The van der Waals surface area contributed by atoms with E-state index in [1.165, 1.54) is 0 Å². The zero-order chi connectivity index (χ0) is 19.2. The van der Waals surface area contributed by atoms with Crippen molar-refractivity contribution in [3.63, 3.8) is 0 Å². The lowest BCUT2D eigenvalue weighted by molar-refractivity contribution is 0.122. The van der Waals surface area contributed by atoms with E-state index in [0.29, 0.717) is 19.8 Å². The van der Waals surface area contributed by atoms with Crippen LogP contribution in [-0.2, 0) is 11.3 Å². The highest BCUT2D eigenvalue weighted by Gasteiger charge is 2.16. The van der Waals surface area contributed by atoms with Gasteiger partial charge in [0, 0.05) is 54.2 Å². The molecule has 2 amide bonds. The molecule has 1 aliphatic rings. The number of carbonyl (C=O) groups is 1. The number of morpholine rings is 1. The van der Waals surface area contributed by atoms with Crippen LogP contribution < -0.4 is 15.5 Å². The quantitative estimate of drug-likeness (QED) is 0.693. The lowest BCUT2D eigenvalue weighted by atomic mass is 10.2. The Morgan fingerprint density at radius 1 is 1.11 bits per heavy atom. The first-order valence-corrected chi connectivity index (χ1v) is 9.99. The lowest BCUT2D eigenvalue weighted by Crippen LogP contribution is -2.38. The van der Waals surface area contributed by atoms with Gasteiger partial charge in [0.1, 0.15) is 10.8 Å². The van der Waals surface area contributed by atoms with Crippen LogP contribution >= 0.6 is 11.3 Å². The monoisotopic (exact) mass is 395 g/mol. The number of nitrogens with one attached hydrogen (secondary N) is 2. The Kier molecular flexibility index (Phi) is 5.79. The Hall–Kier alpha value is -2.97. The molecular formula is C20H21N5O2S. The van der Waals surface area contributed by atoms with Crippen LogP contribution in [0, 0.1) is 0 Å². The van der Waals surface area contributed by atoms with Crippen molar-refractivity contribution < 1.29 is 9.53 Å². The van der Waals surface area contributed by atoms with E-state index in [1.54, 1.807) is 23.7 Å². The zero-order valence-electron chi connectivity index (χ0n) is 15.3. The fourth-order valence-electron chi connectivity index (χ4n) is 3.04. The smallest absolute Gasteiger partial charge is 0.319 e. The van der Waals surface area contributed by atoms with Crippen molar-refractivity contribution >= 4 is 28.9 Å². The van der Waals surface area contributed by atoms with Gasteiger partial charge in [-0.2, -0.15) is 0 Å². The molecule has 0 atom stereocenters. The Bertz CT molecular complexity index is 909. The molecule has 0 bridgehead atoms. The van der Waals surface area contributed by atoms with Gasteiger partial charge in [0.15, 0.2) is 0 Å². The molecule has 2 aromatic heterocycles. The summed E-state index contributed by atoms with van der Waals surface area (Å²) in [5, 5.41) is 8.68. The number of benzene rings is 1. The van der Waals surface area contributed by atoms with Crippen molar-refractivity contribution in [2.75, 3.05) is 36.5 Å². The van der Waals surface area contributed by atoms with Crippen LogP contribution in [0.3, 0.4) is 0 Å². The fourth-order valence-corrected chi connectivity index (χ4v) is 3.69. The molecule has 1 saturated heterocycles. The van der Waals surface area contributed by atoms with E-state index in [9.17, 15) is 4.79 Å². The number of urea groups is 1. The minimum Gasteiger partial charge on any atom is -0.378 e. The van der Waals surface area contributed by atoms with Gasteiger partial charge in [-0.3, -0.25) is 0 Å². The third-order valence-electron chi connectivity index (χ3n) is 4.44. The first-order chi connectivity index (χ1) is 13.8. The maximum atomic E-state index is 12.3. The summed E-state index contributed by atoms with van der Waals surface area (Å²) in [4.78, 5) is 23.3. The molecule has 1 aliphatic heterocycles. The van der Waals surface area contributed by atoms with Gasteiger partial charge in [-0.05, 0) is 30.3 Å². The van der Waals surface area contributed by atoms with Gasteiger partial charge < -0.3 is 20.3 Å². The number of amides is 2. The summed E-state index contributed by atoms with van der Waals surface area (Å²) in [5.41, 5.74) is 2.75. The van der Waals surface area contributed by atoms with Crippen molar-refractivity contribution in [1.82, 2.24) is 15.3 Å². The summed E-state index contributed by atoms with van der Waals surface area (Å²) in [7, 11) is 0. The van der Waals surface area contributed by atoms with Gasteiger partial charge in [0.2, 0.25) is 0 Å². The van der Waals surface area contributed by atoms with E-state index < -0.39 is 0 Å². The van der Waals surface area contributed by atoms with Crippen LogP contribution in [0.15, 0.2) is 54.2 Å². The summed E-state index contributed by atoms with van der Waals surface area (Å²) >= 11 is 1.59. The third-order valence-corrected chi connectivity index (χ3v) is 5.26.